The molecule has 2 aromatic heterocycles. The SMILES string of the molecule is CCn1c(SC[C@@H]2CCCCO2)nc2sc3c(c2c1=O)CC[C@@H](C)C3. The van der Waals surface area contributed by atoms with Gasteiger partial charge in [0.2, 0.25) is 0 Å². The van der Waals surface area contributed by atoms with Gasteiger partial charge in [-0.25, -0.2) is 4.98 Å². The third kappa shape index (κ3) is 3.40. The first kappa shape index (κ1) is 17.6. The minimum absolute atomic E-state index is 0.159. The summed E-state index contributed by atoms with van der Waals surface area (Å²) in [5, 5.41) is 1.76. The third-order valence-electron chi connectivity index (χ3n) is 5.37. The van der Waals surface area contributed by atoms with Crippen LogP contribution in [0.2, 0.25) is 0 Å². The van der Waals surface area contributed by atoms with Crippen LogP contribution in [0.4, 0.5) is 0 Å². The fraction of sp³-hybridized carbons (Fsp3) is 0.684. The molecule has 25 heavy (non-hydrogen) atoms. The molecular weight excluding hydrogens is 352 g/mol. The van der Waals surface area contributed by atoms with Crippen LogP contribution in [0.1, 0.15) is 50.0 Å². The summed E-state index contributed by atoms with van der Waals surface area (Å²) in [6.45, 7) is 5.89. The molecule has 0 amide bonds. The predicted molar refractivity (Wildman–Crippen MR) is 105 cm³/mol. The van der Waals surface area contributed by atoms with Crippen LogP contribution in [0.15, 0.2) is 9.95 Å². The van der Waals surface area contributed by atoms with Gasteiger partial charge in [0, 0.05) is 23.8 Å². The van der Waals surface area contributed by atoms with E-state index in [2.05, 4.69) is 6.92 Å². The van der Waals surface area contributed by atoms with Crippen molar-refractivity contribution in [3.8, 4) is 0 Å². The molecule has 2 aromatic rings. The van der Waals surface area contributed by atoms with Crippen molar-refractivity contribution in [1.29, 1.82) is 0 Å². The highest BCUT2D eigenvalue weighted by molar-refractivity contribution is 7.99. The minimum atomic E-state index is 0.159. The fourth-order valence-electron chi connectivity index (χ4n) is 3.90. The molecule has 1 fully saturated rings. The lowest BCUT2D eigenvalue weighted by Crippen LogP contribution is -2.25. The van der Waals surface area contributed by atoms with E-state index in [4.69, 9.17) is 9.72 Å². The van der Waals surface area contributed by atoms with Crippen LogP contribution in [0.5, 0.6) is 0 Å². The minimum Gasteiger partial charge on any atom is -0.377 e. The first-order chi connectivity index (χ1) is 12.2. The van der Waals surface area contributed by atoms with Crippen molar-refractivity contribution in [2.45, 2.75) is 70.2 Å². The molecule has 6 heteroatoms. The maximum absolute atomic E-state index is 13.1. The van der Waals surface area contributed by atoms with E-state index < -0.39 is 0 Å². The highest BCUT2D eigenvalue weighted by Crippen LogP contribution is 2.36. The van der Waals surface area contributed by atoms with Gasteiger partial charge in [-0.05, 0) is 56.9 Å². The van der Waals surface area contributed by atoms with Crippen LogP contribution >= 0.6 is 23.1 Å². The standard InChI is InChI=1S/C19H26N2O2S2/c1-3-21-18(22)16-14-8-7-12(2)10-15(14)25-17(16)20-19(21)24-11-13-6-4-5-9-23-13/h12-13H,3-11H2,1-2H3/t12-,13+/m1/s1. The molecule has 0 unspecified atom stereocenters. The molecule has 136 valence electrons. The Morgan fingerprint density at radius 1 is 1.36 bits per heavy atom. The van der Waals surface area contributed by atoms with Crippen LogP contribution in [-0.4, -0.2) is 28.0 Å². The molecule has 0 saturated carbocycles. The average molecular weight is 379 g/mol. The molecule has 1 saturated heterocycles. The summed E-state index contributed by atoms with van der Waals surface area (Å²) in [6.07, 6.45) is 7.14. The summed E-state index contributed by atoms with van der Waals surface area (Å²) in [5.41, 5.74) is 1.44. The number of fused-ring (bicyclic) bond motifs is 3. The third-order valence-corrected chi connectivity index (χ3v) is 7.63. The number of aryl methyl sites for hydroxylation is 1. The van der Waals surface area contributed by atoms with E-state index in [1.165, 1.54) is 29.7 Å². The van der Waals surface area contributed by atoms with Gasteiger partial charge in [0.15, 0.2) is 5.16 Å². The maximum Gasteiger partial charge on any atom is 0.263 e. The summed E-state index contributed by atoms with van der Waals surface area (Å²) in [5.74, 6) is 1.60. The van der Waals surface area contributed by atoms with Gasteiger partial charge in [-0.1, -0.05) is 18.7 Å². The molecule has 0 bridgehead atoms. The highest BCUT2D eigenvalue weighted by atomic mass is 32.2. The Bertz CT molecular complexity index is 821. The number of aromatic nitrogens is 2. The molecule has 0 aromatic carbocycles. The fourth-order valence-corrected chi connectivity index (χ4v) is 6.45. The summed E-state index contributed by atoms with van der Waals surface area (Å²) < 4.78 is 7.70. The Morgan fingerprint density at radius 2 is 2.24 bits per heavy atom. The lowest BCUT2D eigenvalue weighted by Gasteiger charge is -2.22. The number of rotatable bonds is 4. The Balaban J connectivity index is 1.68. The normalized spacial score (nSPS) is 23.8. The molecule has 2 atom stereocenters. The van der Waals surface area contributed by atoms with Crippen molar-refractivity contribution < 1.29 is 4.74 Å². The topological polar surface area (TPSA) is 44.1 Å². The molecule has 0 spiro atoms. The number of hydrogen-bond acceptors (Lipinski definition) is 5. The molecular formula is C19H26N2O2S2. The first-order valence-electron chi connectivity index (χ1n) is 9.46. The molecule has 0 N–H and O–H groups in total. The predicted octanol–water partition coefficient (Wildman–Crippen LogP) is 4.26. The molecule has 1 aliphatic carbocycles. The van der Waals surface area contributed by atoms with Gasteiger partial charge in [0.25, 0.3) is 5.56 Å². The zero-order chi connectivity index (χ0) is 17.4. The average Bonchev–Trinajstić information content (AvgIpc) is 2.98. The number of ether oxygens (including phenoxy) is 1. The number of nitrogens with zero attached hydrogens (tertiary/aromatic N) is 2. The second kappa shape index (κ2) is 7.41. The lowest BCUT2D eigenvalue weighted by atomic mass is 9.89. The van der Waals surface area contributed by atoms with Crippen molar-refractivity contribution in [1.82, 2.24) is 9.55 Å². The molecule has 4 rings (SSSR count). The van der Waals surface area contributed by atoms with Gasteiger partial charge >= 0.3 is 0 Å². The van der Waals surface area contributed by atoms with E-state index in [-0.39, 0.29) is 5.56 Å². The van der Waals surface area contributed by atoms with E-state index in [0.717, 1.165) is 47.0 Å². The van der Waals surface area contributed by atoms with Gasteiger partial charge < -0.3 is 4.74 Å². The largest absolute Gasteiger partial charge is 0.377 e. The second-order valence-corrected chi connectivity index (χ2v) is 9.35. The number of thiophene rings is 1. The smallest absolute Gasteiger partial charge is 0.263 e. The second-order valence-electron chi connectivity index (χ2n) is 7.28. The van der Waals surface area contributed by atoms with Crippen LogP contribution in [-0.2, 0) is 24.1 Å². The monoisotopic (exact) mass is 378 g/mol. The first-order valence-corrected chi connectivity index (χ1v) is 11.3. The maximum atomic E-state index is 13.1. The van der Waals surface area contributed by atoms with Crippen molar-refractivity contribution >= 4 is 33.3 Å². The quantitative estimate of drug-likeness (QED) is 0.589. The zero-order valence-corrected chi connectivity index (χ0v) is 16.7. The summed E-state index contributed by atoms with van der Waals surface area (Å²) in [4.78, 5) is 20.4. The van der Waals surface area contributed by atoms with Gasteiger partial charge in [-0.15, -0.1) is 11.3 Å². The van der Waals surface area contributed by atoms with Gasteiger partial charge in [0.05, 0.1) is 11.5 Å². The molecule has 0 radical (unpaired) electrons. The van der Waals surface area contributed by atoms with Gasteiger partial charge in [-0.2, -0.15) is 0 Å². The van der Waals surface area contributed by atoms with Crippen molar-refractivity contribution in [2.24, 2.45) is 5.92 Å². The summed E-state index contributed by atoms with van der Waals surface area (Å²) in [6, 6.07) is 0. The Hall–Kier alpha value is -0.850. The van der Waals surface area contributed by atoms with E-state index in [1.807, 2.05) is 11.5 Å². The Kier molecular flexibility index (Phi) is 5.20. The van der Waals surface area contributed by atoms with E-state index in [9.17, 15) is 4.79 Å². The molecule has 4 nitrogen and oxygen atoms in total. The van der Waals surface area contributed by atoms with Crippen LogP contribution in [0, 0.1) is 5.92 Å². The highest BCUT2D eigenvalue weighted by Gasteiger charge is 2.25. The summed E-state index contributed by atoms with van der Waals surface area (Å²) >= 11 is 3.43. The van der Waals surface area contributed by atoms with Crippen LogP contribution in [0.3, 0.4) is 0 Å². The van der Waals surface area contributed by atoms with Gasteiger partial charge in [0.1, 0.15) is 4.83 Å². The Labute approximate surface area is 157 Å². The zero-order valence-electron chi connectivity index (χ0n) is 15.0. The summed E-state index contributed by atoms with van der Waals surface area (Å²) in [7, 11) is 0. The molecule has 1 aliphatic heterocycles. The van der Waals surface area contributed by atoms with E-state index in [0.29, 0.717) is 18.6 Å². The number of thioether (sulfide) groups is 1. The van der Waals surface area contributed by atoms with Crippen molar-refractivity contribution in [3.63, 3.8) is 0 Å². The van der Waals surface area contributed by atoms with E-state index in [1.54, 1.807) is 23.1 Å². The van der Waals surface area contributed by atoms with E-state index >= 15 is 0 Å². The van der Waals surface area contributed by atoms with Gasteiger partial charge in [-0.3, -0.25) is 9.36 Å². The Morgan fingerprint density at radius 3 is 3.00 bits per heavy atom. The van der Waals surface area contributed by atoms with Crippen LogP contribution in [0.25, 0.3) is 10.2 Å². The molecule has 3 heterocycles. The lowest BCUT2D eigenvalue weighted by molar-refractivity contribution is 0.0315. The van der Waals surface area contributed by atoms with Crippen LogP contribution < -0.4 is 5.56 Å². The van der Waals surface area contributed by atoms with Crippen molar-refractivity contribution in [3.05, 3.63) is 20.8 Å². The molecule has 2 aliphatic rings. The van der Waals surface area contributed by atoms with Crippen molar-refractivity contribution in [2.75, 3.05) is 12.4 Å². The number of hydrogen-bond donors (Lipinski definition) is 0.